The summed E-state index contributed by atoms with van der Waals surface area (Å²) in [5, 5.41) is 12.5. The van der Waals surface area contributed by atoms with Crippen molar-refractivity contribution < 1.29 is 0 Å². The van der Waals surface area contributed by atoms with E-state index in [2.05, 4.69) is 39.1 Å². The van der Waals surface area contributed by atoms with Crippen molar-refractivity contribution in [3.8, 4) is 6.07 Å². The highest BCUT2D eigenvalue weighted by Gasteiger charge is 2.10. The molecule has 94 valence electrons. The molecule has 0 spiro atoms. The quantitative estimate of drug-likeness (QED) is 0.849. The molecule has 1 unspecified atom stereocenters. The molecular formula is C14H23N3. The van der Waals surface area contributed by atoms with Gasteiger partial charge in [-0.05, 0) is 37.8 Å². The molecule has 0 bridgehead atoms. The minimum absolute atomic E-state index is 0.514. The van der Waals surface area contributed by atoms with Gasteiger partial charge in [-0.25, -0.2) is 0 Å². The predicted molar refractivity (Wildman–Crippen MR) is 70.6 cm³/mol. The van der Waals surface area contributed by atoms with Crippen LogP contribution < -0.4 is 5.32 Å². The van der Waals surface area contributed by atoms with E-state index >= 15 is 0 Å². The van der Waals surface area contributed by atoms with Crippen LogP contribution in [-0.2, 0) is 13.6 Å². The average Bonchev–Trinajstić information content (AvgIpc) is 2.52. The van der Waals surface area contributed by atoms with Crippen LogP contribution >= 0.6 is 0 Å². The third kappa shape index (κ3) is 3.61. The largest absolute Gasteiger partial charge is 0.340 e. The number of hydrogen-bond donors (Lipinski definition) is 1. The number of aromatic nitrogens is 1. The van der Waals surface area contributed by atoms with Crippen LogP contribution in [0.2, 0.25) is 0 Å². The van der Waals surface area contributed by atoms with Gasteiger partial charge in [0, 0.05) is 25.3 Å². The molecule has 1 aromatic rings. The molecule has 1 rings (SSSR count). The van der Waals surface area contributed by atoms with Crippen molar-refractivity contribution in [3.05, 3.63) is 23.0 Å². The molecule has 0 aromatic carbocycles. The third-order valence-corrected chi connectivity index (χ3v) is 3.22. The number of rotatable bonds is 5. The summed E-state index contributed by atoms with van der Waals surface area (Å²) in [6.45, 7) is 9.59. The molecule has 0 aliphatic rings. The first-order valence-electron chi connectivity index (χ1n) is 6.24. The van der Waals surface area contributed by atoms with Gasteiger partial charge < -0.3 is 9.88 Å². The smallest absolute Gasteiger partial charge is 0.120 e. The molecule has 1 atom stereocenters. The van der Waals surface area contributed by atoms with Gasteiger partial charge in [0.05, 0.1) is 0 Å². The summed E-state index contributed by atoms with van der Waals surface area (Å²) < 4.78 is 1.95. The van der Waals surface area contributed by atoms with Crippen LogP contribution in [0.15, 0.2) is 6.07 Å². The minimum Gasteiger partial charge on any atom is -0.340 e. The first kappa shape index (κ1) is 13.8. The number of nitrogens with zero attached hydrogens (tertiary/aromatic N) is 2. The van der Waals surface area contributed by atoms with Crippen LogP contribution in [0.5, 0.6) is 0 Å². The van der Waals surface area contributed by atoms with Crippen LogP contribution in [0, 0.1) is 24.2 Å². The first-order chi connectivity index (χ1) is 7.95. The molecule has 0 saturated carbocycles. The summed E-state index contributed by atoms with van der Waals surface area (Å²) in [4.78, 5) is 0. The van der Waals surface area contributed by atoms with Gasteiger partial charge in [0.2, 0.25) is 0 Å². The van der Waals surface area contributed by atoms with Crippen molar-refractivity contribution in [2.75, 3.05) is 0 Å². The number of nitriles is 1. The van der Waals surface area contributed by atoms with Crippen molar-refractivity contribution >= 4 is 0 Å². The van der Waals surface area contributed by atoms with E-state index in [1.54, 1.807) is 0 Å². The Hall–Kier alpha value is -1.27. The average molecular weight is 233 g/mol. The maximum atomic E-state index is 8.96. The Bertz CT molecular complexity index is 410. The van der Waals surface area contributed by atoms with E-state index in [0.717, 1.165) is 12.2 Å². The fourth-order valence-corrected chi connectivity index (χ4v) is 2.12. The molecule has 1 N–H and O–H groups in total. The summed E-state index contributed by atoms with van der Waals surface area (Å²) in [7, 11) is 1.94. The highest BCUT2D eigenvalue weighted by molar-refractivity contribution is 5.34. The molecule has 0 amide bonds. The Kier molecular flexibility index (Phi) is 4.77. The van der Waals surface area contributed by atoms with E-state index in [1.165, 1.54) is 17.7 Å². The Morgan fingerprint density at radius 3 is 2.53 bits per heavy atom. The monoisotopic (exact) mass is 233 g/mol. The molecular weight excluding hydrogens is 210 g/mol. The van der Waals surface area contributed by atoms with E-state index in [0.29, 0.717) is 12.0 Å². The summed E-state index contributed by atoms with van der Waals surface area (Å²) in [6.07, 6.45) is 1.18. The molecule has 0 radical (unpaired) electrons. The van der Waals surface area contributed by atoms with E-state index in [-0.39, 0.29) is 0 Å². The van der Waals surface area contributed by atoms with Gasteiger partial charge >= 0.3 is 0 Å². The first-order valence-corrected chi connectivity index (χ1v) is 6.24. The minimum atomic E-state index is 0.514. The Balaban J connectivity index is 2.61. The Morgan fingerprint density at radius 2 is 2.06 bits per heavy atom. The Labute approximate surface area is 104 Å². The van der Waals surface area contributed by atoms with Crippen LogP contribution in [-0.4, -0.2) is 10.6 Å². The normalized spacial score (nSPS) is 12.8. The summed E-state index contributed by atoms with van der Waals surface area (Å²) >= 11 is 0. The molecule has 1 heterocycles. The lowest BCUT2D eigenvalue weighted by molar-refractivity contribution is 0.441. The van der Waals surface area contributed by atoms with Gasteiger partial charge in [0.1, 0.15) is 11.8 Å². The summed E-state index contributed by atoms with van der Waals surface area (Å²) in [5.41, 5.74) is 3.13. The van der Waals surface area contributed by atoms with Gasteiger partial charge in [-0.15, -0.1) is 0 Å². The zero-order valence-electron chi connectivity index (χ0n) is 11.5. The van der Waals surface area contributed by atoms with E-state index in [4.69, 9.17) is 5.26 Å². The second kappa shape index (κ2) is 5.88. The van der Waals surface area contributed by atoms with Gasteiger partial charge in [-0.2, -0.15) is 5.26 Å². The molecule has 3 heteroatoms. The molecule has 0 fully saturated rings. The maximum absolute atomic E-state index is 8.96. The topological polar surface area (TPSA) is 40.8 Å². The zero-order valence-corrected chi connectivity index (χ0v) is 11.5. The molecule has 1 aromatic heterocycles. The summed E-state index contributed by atoms with van der Waals surface area (Å²) in [5.74, 6) is 0.712. The molecule has 3 nitrogen and oxygen atoms in total. The second-order valence-corrected chi connectivity index (χ2v) is 5.22. The van der Waals surface area contributed by atoms with Gasteiger partial charge in [-0.1, -0.05) is 13.8 Å². The second-order valence-electron chi connectivity index (χ2n) is 5.22. The summed E-state index contributed by atoms with van der Waals surface area (Å²) in [6, 6.07) is 4.70. The highest BCUT2D eigenvalue weighted by Crippen LogP contribution is 2.14. The van der Waals surface area contributed by atoms with Gasteiger partial charge in [0.25, 0.3) is 0 Å². The number of nitrogens with one attached hydrogen (secondary N) is 1. The SMILES string of the molecule is Cc1c(CNC(C)CC(C)C)cc(C#N)n1C. The third-order valence-electron chi connectivity index (χ3n) is 3.22. The highest BCUT2D eigenvalue weighted by atomic mass is 15.0. The Morgan fingerprint density at radius 1 is 1.41 bits per heavy atom. The predicted octanol–water partition coefficient (Wildman–Crippen LogP) is 2.73. The van der Waals surface area contributed by atoms with Crippen LogP contribution in [0.4, 0.5) is 0 Å². The van der Waals surface area contributed by atoms with Crippen LogP contribution in [0.3, 0.4) is 0 Å². The van der Waals surface area contributed by atoms with Crippen LogP contribution in [0.25, 0.3) is 0 Å². The van der Waals surface area contributed by atoms with Crippen molar-refractivity contribution in [2.45, 2.75) is 46.7 Å². The maximum Gasteiger partial charge on any atom is 0.120 e. The lowest BCUT2D eigenvalue weighted by Crippen LogP contribution is -2.27. The van der Waals surface area contributed by atoms with Crippen molar-refractivity contribution in [3.63, 3.8) is 0 Å². The standard InChI is InChI=1S/C14H23N3/c1-10(2)6-11(3)16-9-13-7-14(8-15)17(5)12(13)4/h7,10-11,16H,6,9H2,1-5H3. The molecule has 0 saturated heterocycles. The van der Waals surface area contributed by atoms with Gasteiger partial charge in [-0.3, -0.25) is 0 Å². The molecule has 0 aliphatic carbocycles. The fraction of sp³-hybridized carbons (Fsp3) is 0.643. The van der Waals surface area contributed by atoms with E-state index < -0.39 is 0 Å². The number of hydrogen-bond acceptors (Lipinski definition) is 2. The molecule has 0 aliphatic heterocycles. The lowest BCUT2D eigenvalue weighted by Gasteiger charge is -2.15. The van der Waals surface area contributed by atoms with Crippen LogP contribution in [0.1, 0.15) is 44.1 Å². The molecule has 17 heavy (non-hydrogen) atoms. The van der Waals surface area contributed by atoms with Crippen molar-refractivity contribution in [1.29, 1.82) is 5.26 Å². The lowest BCUT2D eigenvalue weighted by atomic mass is 10.1. The zero-order chi connectivity index (χ0) is 13.0. The van der Waals surface area contributed by atoms with E-state index in [9.17, 15) is 0 Å². The van der Waals surface area contributed by atoms with Crippen molar-refractivity contribution in [2.24, 2.45) is 13.0 Å². The van der Waals surface area contributed by atoms with E-state index in [1.807, 2.05) is 17.7 Å². The van der Waals surface area contributed by atoms with Crippen molar-refractivity contribution in [1.82, 2.24) is 9.88 Å². The fourth-order valence-electron chi connectivity index (χ4n) is 2.12. The van der Waals surface area contributed by atoms with Gasteiger partial charge in [0.15, 0.2) is 0 Å².